The molecule has 0 aromatic carbocycles. The minimum Gasteiger partial charge on any atom is -0.383 e. The molecule has 1 aliphatic heterocycles. The van der Waals surface area contributed by atoms with Crippen molar-refractivity contribution < 1.29 is 0 Å². The van der Waals surface area contributed by atoms with Crippen LogP contribution in [0.2, 0.25) is 0 Å². The number of likely N-dealkylation sites (N-methyl/N-ethyl adjacent to an activating group) is 1. The fourth-order valence-corrected chi connectivity index (χ4v) is 1.96. The molecule has 0 radical (unpaired) electrons. The van der Waals surface area contributed by atoms with Gasteiger partial charge in [-0.05, 0) is 13.0 Å². The number of nitrogens with zero attached hydrogens (tertiary/aromatic N) is 3. The number of aromatic nitrogens is 2. The summed E-state index contributed by atoms with van der Waals surface area (Å²) in [5.41, 5.74) is 6.32. The zero-order chi connectivity index (χ0) is 11.5. The van der Waals surface area contributed by atoms with Gasteiger partial charge in [0.1, 0.15) is 18.0 Å². The molecule has 1 saturated heterocycles. The van der Waals surface area contributed by atoms with E-state index in [0.29, 0.717) is 17.4 Å². The van der Waals surface area contributed by atoms with Crippen LogP contribution in [-0.4, -0.2) is 42.4 Å². The summed E-state index contributed by atoms with van der Waals surface area (Å²) in [5.74, 6) is 1.09. The van der Waals surface area contributed by atoms with Crippen LogP contribution in [0.3, 0.4) is 0 Å². The quantitative estimate of drug-likeness (QED) is 0.616. The van der Waals surface area contributed by atoms with Crippen LogP contribution in [-0.2, 0) is 0 Å². The van der Waals surface area contributed by atoms with Crippen molar-refractivity contribution in [2.75, 3.05) is 30.8 Å². The van der Waals surface area contributed by atoms with E-state index in [1.54, 1.807) is 0 Å². The third kappa shape index (κ3) is 1.83. The van der Waals surface area contributed by atoms with Gasteiger partial charge in [0.2, 0.25) is 0 Å². The lowest BCUT2D eigenvalue weighted by molar-refractivity contribution is 0.676. The lowest BCUT2D eigenvalue weighted by atomic mass is 10.2. The summed E-state index contributed by atoms with van der Waals surface area (Å²) in [6.45, 7) is 1.97. The molecule has 0 bridgehead atoms. The lowest BCUT2D eigenvalue weighted by Crippen LogP contribution is -2.34. The van der Waals surface area contributed by atoms with E-state index in [2.05, 4.69) is 20.2 Å². The molecular weight excluding hydrogens is 204 g/mol. The maximum absolute atomic E-state index is 7.36. The number of hydrogen-bond acceptors (Lipinski definition) is 6. The first-order valence-electron chi connectivity index (χ1n) is 5.28. The number of nitrogens with one attached hydrogen (secondary N) is 2. The van der Waals surface area contributed by atoms with Crippen LogP contribution in [0.5, 0.6) is 0 Å². The maximum Gasteiger partial charge on any atom is 0.143 e. The summed E-state index contributed by atoms with van der Waals surface area (Å²) in [4.78, 5) is 10.2. The average molecular weight is 220 g/mol. The van der Waals surface area contributed by atoms with Crippen molar-refractivity contribution in [1.82, 2.24) is 15.3 Å². The third-order valence-corrected chi connectivity index (χ3v) is 2.95. The van der Waals surface area contributed by atoms with E-state index in [1.165, 1.54) is 12.5 Å². The van der Waals surface area contributed by atoms with E-state index in [4.69, 9.17) is 11.1 Å². The van der Waals surface area contributed by atoms with Gasteiger partial charge in [-0.1, -0.05) is 0 Å². The fraction of sp³-hybridized carbons (Fsp3) is 0.500. The van der Waals surface area contributed by atoms with Gasteiger partial charge in [0.05, 0.1) is 5.56 Å². The van der Waals surface area contributed by atoms with Gasteiger partial charge in [-0.3, -0.25) is 0 Å². The second kappa shape index (κ2) is 4.44. The number of anilines is 2. The molecule has 1 atom stereocenters. The highest BCUT2D eigenvalue weighted by molar-refractivity contribution is 5.90. The van der Waals surface area contributed by atoms with Crippen molar-refractivity contribution in [2.24, 2.45) is 0 Å². The largest absolute Gasteiger partial charge is 0.383 e. The molecule has 1 aromatic heterocycles. The molecule has 2 rings (SSSR count). The highest BCUT2D eigenvalue weighted by Crippen LogP contribution is 2.21. The number of nitrogens with two attached hydrogens (primary N) is 1. The van der Waals surface area contributed by atoms with Crippen LogP contribution in [0, 0.1) is 5.41 Å². The molecule has 4 N–H and O–H groups in total. The lowest BCUT2D eigenvalue weighted by Gasteiger charge is -2.26. The normalized spacial score (nSPS) is 19.7. The molecule has 0 spiro atoms. The molecule has 86 valence electrons. The summed E-state index contributed by atoms with van der Waals surface area (Å²) in [5, 5.41) is 10.7. The van der Waals surface area contributed by atoms with E-state index in [9.17, 15) is 0 Å². The molecule has 2 heterocycles. The topological polar surface area (TPSA) is 90.9 Å². The van der Waals surface area contributed by atoms with E-state index in [-0.39, 0.29) is 0 Å². The molecule has 1 unspecified atom stereocenters. The zero-order valence-electron chi connectivity index (χ0n) is 9.27. The van der Waals surface area contributed by atoms with Crippen LogP contribution in [0.1, 0.15) is 12.0 Å². The first-order valence-corrected chi connectivity index (χ1v) is 5.28. The Balaban J connectivity index is 2.31. The average Bonchev–Trinajstić information content (AvgIpc) is 2.81. The van der Waals surface area contributed by atoms with Crippen LogP contribution in [0.15, 0.2) is 6.33 Å². The van der Waals surface area contributed by atoms with Crippen LogP contribution < -0.4 is 16.0 Å². The van der Waals surface area contributed by atoms with Gasteiger partial charge in [-0.2, -0.15) is 0 Å². The second-order valence-electron chi connectivity index (χ2n) is 3.90. The van der Waals surface area contributed by atoms with E-state index >= 15 is 0 Å². The van der Waals surface area contributed by atoms with Gasteiger partial charge in [-0.15, -0.1) is 0 Å². The summed E-state index contributed by atoms with van der Waals surface area (Å²) in [7, 11) is 1.98. The Morgan fingerprint density at radius 3 is 3.06 bits per heavy atom. The second-order valence-corrected chi connectivity index (χ2v) is 3.90. The van der Waals surface area contributed by atoms with E-state index < -0.39 is 0 Å². The van der Waals surface area contributed by atoms with Crippen molar-refractivity contribution in [2.45, 2.75) is 12.5 Å². The molecule has 0 saturated carbocycles. The Bertz CT molecular complexity index is 385. The summed E-state index contributed by atoms with van der Waals surface area (Å²) in [6.07, 6.45) is 3.73. The van der Waals surface area contributed by atoms with Gasteiger partial charge in [0, 0.05) is 25.8 Å². The number of rotatable bonds is 3. The number of nitrogen functional groups attached to an aromatic ring is 1. The minimum absolute atomic E-state index is 0.359. The SMILES string of the molecule is CN(c1ncnc(N)c1C=N)C1CCNC1. The molecule has 6 heteroatoms. The van der Waals surface area contributed by atoms with Crippen molar-refractivity contribution >= 4 is 17.9 Å². The van der Waals surface area contributed by atoms with Gasteiger partial charge >= 0.3 is 0 Å². The van der Waals surface area contributed by atoms with Crippen molar-refractivity contribution in [3.8, 4) is 0 Å². The smallest absolute Gasteiger partial charge is 0.143 e. The molecule has 6 nitrogen and oxygen atoms in total. The Labute approximate surface area is 94.4 Å². The zero-order valence-corrected chi connectivity index (χ0v) is 9.27. The monoisotopic (exact) mass is 220 g/mol. The van der Waals surface area contributed by atoms with Gasteiger partial charge in [0.25, 0.3) is 0 Å². The standard InChI is InChI=1S/C10H16N6/c1-16(7-2-3-13-5-7)10-8(4-11)9(12)14-6-15-10/h4,6-7,11,13H,2-3,5H2,1H3,(H2,12,14,15). The third-order valence-electron chi connectivity index (χ3n) is 2.95. The minimum atomic E-state index is 0.359. The summed E-state index contributed by atoms with van der Waals surface area (Å²) >= 11 is 0. The van der Waals surface area contributed by atoms with Crippen molar-refractivity contribution in [3.63, 3.8) is 0 Å². The van der Waals surface area contributed by atoms with Gasteiger partial charge in [-0.25, -0.2) is 9.97 Å². The van der Waals surface area contributed by atoms with Crippen molar-refractivity contribution in [1.29, 1.82) is 5.41 Å². The van der Waals surface area contributed by atoms with Crippen LogP contribution >= 0.6 is 0 Å². The molecule has 0 amide bonds. The van der Waals surface area contributed by atoms with Gasteiger partial charge < -0.3 is 21.4 Å². The Hall–Kier alpha value is -1.69. The fourth-order valence-electron chi connectivity index (χ4n) is 1.96. The van der Waals surface area contributed by atoms with Gasteiger partial charge in [0.15, 0.2) is 0 Å². The highest BCUT2D eigenvalue weighted by Gasteiger charge is 2.22. The molecule has 1 fully saturated rings. The molecule has 1 aromatic rings. The Kier molecular flexibility index (Phi) is 3.00. The summed E-state index contributed by atoms with van der Waals surface area (Å²) < 4.78 is 0. The Morgan fingerprint density at radius 2 is 2.44 bits per heavy atom. The Morgan fingerprint density at radius 1 is 1.62 bits per heavy atom. The van der Waals surface area contributed by atoms with E-state index in [0.717, 1.165) is 25.3 Å². The van der Waals surface area contributed by atoms with Crippen LogP contribution in [0.25, 0.3) is 0 Å². The van der Waals surface area contributed by atoms with Crippen LogP contribution in [0.4, 0.5) is 11.6 Å². The van der Waals surface area contributed by atoms with E-state index in [1.807, 2.05) is 7.05 Å². The summed E-state index contributed by atoms with van der Waals surface area (Å²) in [6, 6.07) is 0.410. The predicted octanol–water partition coefficient (Wildman–Crippen LogP) is -0.145. The first kappa shape index (κ1) is 10.8. The predicted molar refractivity (Wildman–Crippen MR) is 64.0 cm³/mol. The maximum atomic E-state index is 7.36. The molecule has 0 aliphatic carbocycles. The first-order chi connectivity index (χ1) is 7.74. The highest BCUT2D eigenvalue weighted by atomic mass is 15.2. The molecule has 16 heavy (non-hydrogen) atoms. The van der Waals surface area contributed by atoms with Crippen molar-refractivity contribution in [3.05, 3.63) is 11.9 Å². The number of hydrogen-bond donors (Lipinski definition) is 3. The molecule has 1 aliphatic rings. The molecular formula is C10H16N6.